The Hall–Kier alpha value is -3.81. The van der Waals surface area contributed by atoms with Crippen molar-refractivity contribution in [1.82, 2.24) is 14.7 Å². The van der Waals surface area contributed by atoms with Gasteiger partial charge in [-0.15, -0.1) is 0 Å². The highest BCUT2D eigenvalue weighted by atomic mass is 16.5. The molecule has 0 bridgehead atoms. The van der Waals surface area contributed by atoms with Gasteiger partial charge in [-0.25, -0.2) is 4.68 Å². The van der Waals surface area contributed by atoms with E-state index in [1.807, 2.05) is 41.1 Å². The van der Waals surface area contributed by atoms with Gasteiger partial charge in [0.05, 0.1) is 31.0 Å². The number of ether oxygens (including phenoxy) is 1. The molecule has 1 aromatic heterocycles. The second-order valence-electron chi connectivity index (χ2n) is 9.30. The lowest BCUT2D eigenvalue weighted by molar-refractivity contribution is -0.137. The quantitative estimate of drug-likeness (QED) is 0.361. The van der Waals surface area contributed by atoms with Crippen molar-refractivity contribution in [2.45, 2.75) is 46.1 Å². The fraction of sp³-hybridized carbons (Fsp3) is 0.393. The molecule has 192 valence electrons. The Labute approximate surface area is 212 Å². The Morgan fingerprint density at radius 2 is 1.78 bits per heavy atom. The SMILES string of the molecule is CCc1nn(-c2ccc(OC)cc2)cc1C(CC(C)C)Nc1ccc(C(=O)N(C)CCC(=O)O)cc1. The lowest BCUT2D eigenvalue weighted by Gasteiger charge is -2.22. The van der Waals surface area contributed by atoms with E-state index in [9.17, 15) is 9.59 Å². The monoisotopic (exact) mass is 492 g/mol. The second kappa shape index (κ2) is 12.2. The summed E-state index contributed by atoms with van der Waals surface area (Å²) >= 11 is 0. The van der Waals surface area contributed by atoms with Gasteiger partial charge in [0.25, 0.3) is 5.91 Å². The molecule has 3 aromatic rings. The summed E-state index contributed by atoms with van der Waals surface area (Å²) in [5.41, 5.74) is 4.58. The molecule has 0 fully saturated rings. The van der Waals surface area contributed by atoms with Crippen LogP contribution in [0.25, 0.3) is 5.69 Å². The van der Waals surface area contributed by atoms with Crippen LogP contribution < -0.4 is 10.1 Å². The van der Waals surface area contributed by atoms with E-state index in [1.54, 1.807) is 26.3 Å². The van der Waals surface area contributed by atoms with Crippen LogP contribution in [0.2, 0.25) is 0 Å². The molecule has 1 amide bonds. The summed E-state index contributed by atoms with van der Waals surface area (Å²) in [6, 6.07) is 15.2. The molecular weight excluding hydrogens is 456 g/mol. The van der Waals surface area contributed by atoms with Crippen molar-refractivity contribution in [2.75, 3.05) is 26.0 Å². The molecule has 2 aromatic carbocycles. The maximum atomic E-state index is 12.6. The van der Waals surface area contributed by atoms with Crippen LogP contribution in [0, 0.1) is 5.92 Å². The molecule has 3 rings (SSSR count). The van der Waals surface area contributed by atoms with Gasteiger partial charge in [0, 0.05) is 36.6 Å². The number of methoxy groups -OCH3 is 1. The number of benzene rings is 2. The number of aromatic nitrogens is 2. The summed E-state index contributed by atoms with van der Waals surface area (Å²) in [5, 5.41) is 17.4. The lowest BCUT2D eigenvalue weighted by Crippen LogP contribution is -2.29. The summed E-state index contributed by atoms with van der Waals surface area (Å²) in [6.45, 7) is 6.67. The molecular formula is C28H36N4O4. The molecule has 0 aliphatic rings. The molecule has 36 heavy (non-hydrogen) atoms. The summed E-state index contributed by atoms with van der Waals surface area (Å²) in [4.78, 5) is 24.8. The predicted molar refractivity (Wildman–Crippen MR) is 141 cm³/mol. The number of carboxylic acids is 1. The Morgan fingerprint density at radius 3 is 2.33 bits per heavy atom. The summed E-state index contributed by atoms with van der Waals surface area (Å²) in [5.74, 6) is 0.138. The van der Waals surface area contributed by atoms with Gasteiger partial charge in [-0.3, -0.25) is 9.59 Å². The van der Waals surface area contributed by atoms with E-state index in [2.05, 4.69) is 32.3 Å². The van der Waals surface area contributed by atoms with Crippen molar-refractivity contribution < 1.29 is 19.4 Å². The average molecular weight is 493 g/mol. The molecule has 0 saturated heterocycles. The zero-order valence-electron chi connectivity index (χ0n) is 21.7. The van der Waals surface area contributed by atoms with Crippen LogP contribution in [0.1, 0.15) is 61.3 Å². The normalized spacial score (nSPS) is 11.8. The second-order valence-corrected chi connectivity index (χ2v) is 9.30. The number of rotatable bonds is 12. The summed E-state index contributed by atoms with van der Waals surface area (Å²) in [7, 11) is 3.27. The zero-order valence-corrected chi connectivity index (χ0v) is 21.7. The van der Waals surface area contributed by atoms with Gasteiger partial charge in [0.1, 0.15) is 5.75 Å². The largest absolute Gasteiger partial charge is 0.497 e. The number of aliphatic carboxylic acids is 1. The number of carbonyl (C=O) groups is 2. The number of aryl methyl sites for hydroxylation is 1. The number of carbonyl (C=O) groups excluding carboxylic acids is 1. The molecule has 1 unspecified atom stereocenters. The standard InChI is InChI=1S/C28H36N4O4/c1-6-25-24(18-32(30-25)22-11-13-23(36-5)14-12-22)26(17-19(2)3)29-21-9-7-20(8-10-21)28(35)31(4)16-15-27(33)34/h7-14,18-19,26,29H,6,15-17H2,1-5H3,(H,33,34). The summed E-state index contributed by atoms with van der Waals surface area (Å²) in [6.07, 6.45) is 3.74. The van der Waals surface area contributed by atoms with Gasteiger partial charge in [-0.1, -0.05) is 20.8 Å². The molecule has 0 saturated carbocycles. The maximum absolute atomic E-state index is 12.6. The molecule has 0 radical (unpaired) electrons. The highest BCUT2D eigenvalue weighted by Gasteiger charge is 2.21. The van der Waals surface area contributed by atoms with Crippen molar-refractivity contribution in [2.24, 2.45) is 5.92 Å². The van der Waals surface area contributed by atoms with Gasteiger partial charge in [-0.2, -0.15) is 5.10 Å². The van der Waals surface area contributed by atoms with E-state index in [1.165, 1.54) is 4.90 Å². The number of nitrogens with zero attached hydrogens (tertiary/aromatic N) is 3. The van der Waals surface area contributed by atoms with Crippen molar-refractivity contribution >= 4 is 17.6 Å². The zero-order chi connectivity index (χ0) is 26.2. The minimum Gasteiger partial charge on any atom is -0.497 e. The van der Waals surface area contributed by atoms with Crippen molar-refractivity contribution in [1.29, 1.82) is 0 Å². The topological polar surface area (TPSA) is 96.7 Å². The number of hydrogen-bond acceptors (Lipinski definition) is 5. The minimum atomic E-state index is -0.924. The van der Waals surface area contributed by atoms with Gasteiger partial charge in [-0.05, 0) is 67.3 Å². The molecule has 2 N–H and O–H groups in total. The van der Waals surface area contributed by atoms with Crippen molar-refractivity contribution in [3.63, 3.8) is 0 Å². The highest BCUT2D eigenvalue weighted by molar-refractivity contribution is 5.94. The Balaban J connectivity index is 1.81. The Morgan fingerprint density at radius 1 is 1.11 bits per heavy atom. The Kier molecular flexibility index (Phi) is 9.11. The molecule has 0 aliphatic carbocycles. The van der Waals surface area contributed by atoms with E-state index in [0.29, 0.717) is 11.5 Å². The van der Waals surface area contributed by atoms with E-state index >= 15 is 0 Å². The predicted octanol–water partition coefficient (Wildman–Crippen LogP) is 5.19. The minimum absolute atomic E-state index is 0.0479. The number of carboxylic acid groups (broad SMARTS) is 1. The number of amides is 1. The smallest absolute Gasteiger partial charge is 0.305 e. The van der Waals surface area contributed by atoms with Crippen LogP contribution in [-0.4, -0.2) is 52.4 Å². The highest BCUT2D eigenvalue weighted by Crippen LogP contribution is 2.30. The van der Waals surface area contributed by atoms with Crippen LogP contribution in [-0.2, 0) is 11.2 Å². The average Bonchev–Trinajstić information content (AvgIpc) is 3.31. The third kappa shape index (κ3) is 6.87. The molecule has 0 spiro atoms. The van der Waals surface area contributed by atoms with Crippen LogP contribution in [0.4, 0.5) is 5.69 Å². The van der Waals surface area contributed by atoms with Crippen LogP contribution >= 0.6 is 0 Å². The lowest BCUT2D eigenvalue weighted by atomic mass is 9.96. The fourth-order valence-electron chi connectivity index (χ4n) is 4.09. The first-order valence-corrected chi connectivity index (χ1v) is 12.3. The van der Waals surface area contributed by atoms with E-state index in [0.717, 1.165) is 41.2 Å². The molecule has 8 heteroatoms. The molecule has 0 aliphatic heterocycles. The molecule has 1 atom stereocenters. The molecule has 1 heterocycles. The van der Waals surface area contributed by atoms with E-state index in [4.69, 9.17) is 14.9 Å². The first kappa shape index (κ1) is 26.8. The van der Waals surface area contributed by atoms with Crippen molar-refractivity contribution in [3.8, 4) is 11.4 Å². The maximum Gasteiger partial charge on any atom is 0.305 e. The molecule has 8 nitrogen and oxygen atoms in total. The van der Waals surface area contributed by atoms with Gasteiger partial charge >= 0.3 is 5.97 Å². The van der Waals surface area contributed by atoms with E-state index < -0.39 is 5.97 Å². The van der Waals surface area contributed by atoms with Crippen molar-refractivity contribution in [3.05, 3.63) is 71.5 Å². The first-order chi connectivity index (χ1) is 17.2. The first-order valence-electron chi connectivity index (χ1n) is 12.3. The summed E-state index contributed by atoms with van der Waals surface area (Å²) < 4.78 is 7.19. The fourth-order valence-corrected chi connectivity index (χ4v) is 4.09. The van der Waals surface area contributed by atoms with E-state index in [-0.39, 0.29) is 24.9 Å². The van der Waals surface area contributed by atoms with Crippen LogP contribution in [0.15, 0.2) is 54.7 Å². The van der Waals surface area contributed by atoms with Crippen LogP contribution in [0.3, 0.4) is 0 Å². The third-order valence-corrected chi connectivity index (χ3v) is 6.06. The van der Waals surface area contributed by atoms with Gasteiger partial charge < -0.3 is 20.1 Å². The number of hydrogen-bond donors (Lipinski definition) is 2. The van der Waals surface area contributed by atoms with Crippen LogP contribution in [0.5, 0.6) is 5.75 Å². The van der Waals surface area contributed by atoms with Gasteiger partial charge in [0.15, 0.2) is 0 Å². The van der Waals surface area contributed by atoms with Gasteiger partial charge in [0.2, 0.25) is 0 Å². The Bertz CT molecular complexity index is 1150. The third-order valence-electron chi connectivity index (χ3n) is 6.06. The number of nitrogens with one attached hydrogen (secondary N) is 1. The number of anilines is 1.